The largest absolute Gasteiger partial charge is 0.342 e. The van der Waals surface area contributed by atoms with Crippen LogP contribution in [0.5, 0.6) is 0 Å². The lowest BCUT2D eigenvalue weighted by atomic mass is 9.88. The van der Waals surface area contributed by atoms with E-state index in [0.717, 1.165) is 38.8 Å². The second-order valence-corrected chi connectivity index (χ2v) is 6.63. The van der Waals surface area contributed by atoms with Gasteiger partial charge in [0.05, 0.1) is 5.92 Å². The zero-order valence-corrected chi connectivity index (χ0v) is 13.3. The van der Waals surface area contributed by atoms with E-state index in [2.05, 4.69) is 24.3 Å². The van der Waals surface area contributed by atoms with Gasteiger partial charge in [0.2, 0.25) is 11.8 Å². The van der Waals surface area contributed by atoms with Crippen LogP contribution in [0, 0.1) is 11.8 Å². The number of nitrogens with one attached hydrogen (secondary N) is 1. The highest BCUT2D eigenvalue weighted by Gasteiger charge is 2.40. The van der Waals surface area contributed by atoms with Gasteiger partial charge in [0.25, 0.3) is 0 Å². The van der Waals surface area contributed by atoms with Crippen molar-refractivity contribution in [3.8, 4) is 0 Å². The number of hydrogen-bond acceptors (Lipinski definition) is 3. The van der Waals surface area contributed by atoms with Gasteiger partial charge in [-0.1, -0.05) is 36.8 Å². The van der Waals surface area contributed by atoms with Gasteiger partial charge in [-0.25, -0.2) is 5.48 Å². The molecule has 3 rings (SSSR count). The topological polar surface area (TPSA) is 69.6 Å². The van der Waals surface area contributed by atoms with Crippen molar-refractivity contribution in [3.05, 3.63) is 35.9 Å². The van der Waals surface area contributed by atoms with Gasteiger partial charge in [0, 0.05) is 19.0 Å². The Morgan fingerprint density at radius 2 is 1.65 bits per heavy atom. The van der Waals surface area contributed by atoms with Crippen LogP contribution in [-0.2, 0) is 9.59 Å². The fraction of sp³-hybridized carbons (Fsp3) is 0.556. The van der Waals surface area contributed by atoms with Gasteiger partial charge in [-0.2, -0.15) is 0 Å². The molecule has 2 fully saturated rings. The minimum atomic E-state index is -0.417. The Bertz CT molecular complexity index is 553. The van der Waals surface area contributed by atoms with Crippen molar-refractivity contribution in [1.29, 1.82) is 0 Å². The van der Waals surface area contributed by atoms with Crippen LogP contribution in [0.3, 0.4) is 0 Å². The smallest absolute Gasteiger partial charge is 0.247 e. The molecule has 0 bridgehead atoms. The molecule has 1 saturated heterocycles. The number of hydroxylamine groups is 1. The zero-order valence-electron chi connectivity index (χ0n) is 13.3. The lowest BCUT2D eigenvalue weighted by molar-refractivity contribution is -0.144. The minimum Gasteiger partial charge on any atom is -0.342 e. The molecular weight excluding hydrogens is 292 g/mol. The summed E-state index contributed by atoms with van der Waals surface area (Å²) in [6.07, 6.45) is 4.24. The molecule has 1 saturated carbocycles. The Labute approximate surface area is 136 Å². The third kappa shape index (κ3) is 3.39. The number of amides is 2. The summed E-state index contributed by atoms with van der Waals surface area (Å²) in [5, 5.41) is 8.84. The first-order valence-electron chi connectivity index (χ1n) is 8.48. The molecule has 2 atom stereocenters. The molecule has 2 unspecified atom stereocenters. The molecule has 2 aliphatic rings. The number of benzene rings is 1. The molecule has 1 aliphatic heterocycles. The van der Waals surface area contributed by atoms with Crippen molar-refractivity contribution in [1.82, 2.24) is 10.4 Å². The second kappa shape index (κ2) is 7.13. The van der Waals surface area contributed by atoms with Crippen LogP contribution in [0.1, 0.15) is 43.6 Å². The van der Waals surface area contributed by atoms with Crippen LogP contribution in [0.15, 0.2) is 30.3 Å². The molecule has 1 heterocycles. The summed E-state index contributed by atoms with van der Waals surface area (Å²) in [6.45, 7) is 1.50. The Balaban J connectivity index is 1.59. The predicted octanol–water partition coefficient (Wildman–Crippen LogP) is 2.31. The Morgan fingerprint density at radius 1 is 1.00 bits per heavy atom. The highest BCUT2D eigenvalue weighted by atomic mass is 16.5. The fourth-order valence-corrected chi connectivity index (χ4v) is 4.05. The molecule has 5 nitrogen and oxygen atoms in total. The molecule has 1 aromatic carbocycles. The average molecular weight is 316 g/mol. The van der Waals surface area contributed by atoms with Crippen LogP contribution in [-0.4, -0.2) is 35.0 Å². The van der Waals surface area contributed by atoms with Gasteiger partial charge in [-0.15, -0.1) is 0 Å². The Kier molecular flexibility index (Phi) is 4.96. The van der Waals surface area contributed by atoms with E-state index in [1.807, 2.05) is 11.0 Å². The molecule has 2 N–H and O–H groups in total. The summed E-state index contributed by atoms with van der Waals surface area (Å²) in [4.78, 5) is 26.4. The van der Waals surface area contributed by atoms with Gasteiger partial charge < -0.3 is 4.90 Å². The summed E-state index contributed by atoms with van der Waals surface area (Å²) in [7, 11) is 0. The van der Waals surface area contributed by atoms with Crippen LogP contribution < -0.4 is 5.48 Å². The second-order valence-electron chi connectivity index (χ2n) is 6.63. The van der Waals surface area contributed by atoms with Crippen molar-refractivity contribution >= 4 is 11.8 Å². The molecule has 1 aromatic rings. The van der Waals surface area contributed by atoms with E-state index in [-0.39, 0.29) is 17.7 Å². The average Bonchev–Trinajstić information content (AvgIpc) is 3.11. The lowest BCUT2D eigenvalue weighted by Crippen LogP contribution is -2.44. The maximum Gasteiger partial charge on any atom is 0.247 e. The van der Waals surface area contributed by atoms with E-state index < -0.39 is 5.91 Å². The maximum absolute atomic E-state index is 12.7. The molecule has 23 heavy (non-hydrogen) atoms. The summed E-state index contributed by atoms with van der Waals surface area (Å²) in [5.74, 6) is -0.460. The van der Waals surface area contributed by atoms with Gasteiger partial charge in [-0.05, 0) is 37.2 Å². The fourth-order valence-electron chi connectivity index (χ4n) is 4.05. The van der Waals surface area contributed by atoms with Crippen LogP contribution >= 0.6 is 0 Å². The van der Waals surface area contributed by atoms with Gasteiger partial charge in [-0.3, -0.25) is 14.8 Å². The monoisotopic (exact) mass is 316 g/mol. The summed E-state index contributed by atoms with van der Waals surface area (Å²) in [5.41, 5.74) is 3.06. The van der Waals surface area contributed by atoms with Gasteiger partial charge >= 0.3 is 0 Å². The van der Waals surface area contributed by atoms with E-state index in [0.29, 0.717) is 12.3 Å². The van der Waals surface area contributed by atoms with E-state index in [1.165, 1.54) is 5.56 Å². The molecule has 1 aliphatic carbocycles. The Morgan fingerprint density at radius 3 is 2.30 bits per heavy atom. The van der Waals surface area contributed by atoms with Gasteiger partial charge in [0.15, 0.2) is 0 Å². The predicted molar refractivity (Wildman–Crippen MR) is 85.8 cm³/mol. The van der Waals surface area contributed by atoms with E-state index in [1.54, 1.807) is 5.48 Å². The minimum absolute atomic E-state index is 0.0858. The Hall–Kier alpha value is -1.88. The number of carbonyl (C=O) groups excluding carboxylic acids is 2. The third-order valence-corrected chi connectivity index (χ3v) is 5.36. The van der Waals surface area contributed by atoms with E-state index in [9.17, 15) is 9.59 Å². The molecule has 0 aromatic heterocycles. The van der Waals surface area contributed by atoms with Crippen molar-refractivity contribution in [2.75, 3.05) is 13.1 Å². The quantitative estimate of drug-likeness (QED) is 0.664. The summed E-state index contributed by atoms with van der Waals surface area (Å²) < 4.78 is 0. The normalized spacial score (nSPS) is 25.3. The van der Waals surface area contributed by atoms with Crippen molar-refractivity contribution in [2.24, 2.45) is 11.8 Å². The number of rotatable bonds is 3. The molecule has 0 radical (unpaired) electrons. The highest BCUT2D eigenvalue weighted by molar-refractivity contribution is 5.87. The van der Waals surface area contributed by atoms with Gasteiger partial charge in [0.1, 0.15) is 0 Å². The van der Waals surface area contributed by atoms with Crippen molar-refractivity contribution in [3.63, 3.8) is 0 Å². The highest BCUT2D eigenvalue weighted by Crippen LogP contribution is 2.35. The maximum atomic E-state index is 12.7. The standard InChI is InChI=1S/C18H24N2O3/c21-17(19-23)15-7-4-8-16(15)18(22)20-11-9-14(10-12-20)13-5-2-1-3-6-13/h1-3,5-6,14-16,23H,4,7-12H2,(H,19,21). The van der Waals surface area contributed by atoms with E-state index >= 15 is 0 Å². The summed E-state index contributed by atoms with van der Waals surface area (Å²) in [6, 6.07) is 10.4. The van der Waals surface area contributed by atoms with Crippen LogP contribution in [0.25, 0.3) is 0 Å². The number of carbonyl (C=O) groups is 2. The van der Waals surface area contributed by atoms with Crippen LogP contribution in [0.2, 0.25) is 0 Å². The number of likely N-dealkylation sites (tertiary alicyclic amines) is 1. The molecule has 5 heteroatoms. The first kappa shape index (κ1) is 16.0. The van der Waals surface area contributed by atoms with E-state index in [4.69, 9.17) is 5.21 Å². The first-order valence-corrected chi connectivity index (χ1v) is 8.48. The lowest BCUT2D eigenvalue weighted by Gasteiger charge is -2.34. The van der Waals surface area contributed by atoms with Crippen LogP contribution in [0.4, 0.5) is 0 Å². The number of piperidine rings is 1. The molecule has 124 valence electrons. The molecular formula is C18H24N2O3. The third-order valence-electron chi connectivity index (χ3n) is 5.36. The summed E-state index contributed by atoms with van der Waals surface area (Å²) >= 11 is 0. The van der Waals surface area contributed by atoms with Crippen molar-refractivity contribution < 1.29 is 14.8 Å². The zero-order chi connectivity index (χ0) is 16.2. The molecule has 0 spiro atoms. The van der Waals surface area contributed by atoms with Crippen molar-refractivity contribution in [2.45, 2.75) is 38.0 Å². The SMILES string of the molecule is O=C(NO)C1CCCC1C(=O)N1CCC(c2ccccc2)CC1. The first-order chi connectivity index (χ1) is 11.2. The number of nitrogens with zero attached hydrogens (tertiary/aromatic N) is 1. The molecule has 2 amide bonds. The number of hydrogen-bond donors (Lipinski definition) is 2.